The van der Waals surface area contributed by atoms with Crippen LogP contribution in [0.25, 0.3) is 16.9 Å². The first-order chi connectivity index (χ1) is 28.5. The van der Waals surface area contributed by atoms with Gasteiger partial charge in [-0.25, -0.2) is 23.1 Å². The molecule has 0 radical (unpaired) electrons. The molecule has 1 atom stereocenters. The maximum Gasteiger partial charge on any atom is 0.255 e. The van der Waals surface area contributed by atoms with Gasteiger partial charge in [0.1, 0.15) is 23.2 Å². The van der Waals surface area contributed by atoms with Gasteiger partial charge in [-0.05, 0) is 99.8 Å². The van der Waals surface area contributed by atoms with Gasteiger partial charge in [0.2, 0.25) is 23.7 Å². The van der Waals surface area contributed by atoms with Gasteiger partial charge in [0, 0.05) is 80.1 Å². The molecule has 1 aliphatic carbocycles. The fourth-order valence-corrected chi connectivity index (χ4v) is 9.08. The highest BCUT2D eigenvalue weighted by Gasteiger charge is 2.40. The number of carbonyl (C=O) groups is 3. The van der Waals surface area contributed by atoms with Crippen LogP contribution in [-0.4, -0.2) is 92.5 Å². The molecular weight excluding hydrogens is 762 g/mol. The van der Waals surface area contributed by atoms with Crippen LogP contribution >= 0.6 is 0 Å². The number of carbonyl (C=O) groups excluding carboxylic acids is 3. The zero-order valence-electron chi connectivity index (χ0n) is 32.8. The highest BCUT2D eigenvalue weighted by molar-refractivity contribution is 6.01. The Morgan fingerprint density at radius 2 is 1.63 bits per heavy atom. The first-order valence-corrected chi connectivity index (χ1v) is 20.7. The number of hydrogen-bond acceptors (Lipinski definition) is 9. The lowest BCUT2D eigenvalue weighted by atomic mass is 9.84. The van der Waals surface area contributed by atoms with Gasteiger partial charge in [-0.15, -0.1) is 0 Å². The maximum absolute atomic E-state index is 16.2. The normalized spacial score (nSPS) is 22.8. The van der Waals surface area contributed by atoms with Crippen LogP contribution in [0.15, 0.2) is 77.9 Å². The van der Waals surface area contributed by atoms with E-state index in [0.29, 0.717) is 106 Å². The van der Waals surface area contributed by atoms with Crippen LogP contribution < -0.4 is 21.5 Å². The van der Waals surface area contributed by atoms with Crippen LogP contribution in [0, 0.1) is 17.6 Å². The predicted molar refractivity (Wildman–Crippen MR) is 217 cm³/mol. The van der Waals surface area contributed by atoms with Gasteiger partial charge < -0.3 is 20.4 Å². The molecule has 0 bridgehead atoms. The summed E-state index contributed by atoms with van der Waals surface area (Å²) < 4.78 is 47.9. The van der Waals surface area contributed by atoms with E-state index in [1.165, 1.54) is 16.7 Å². The lowest BCUT2D eigenvalue weighted by molar-refractivity contribution is -0.139. The number of alkyl halides is 1. The summed E-state index contributed by atoms with van der Waals surface area (Å²) in [5, 5.41) is 8.66. The molecule has 3 amide bonds. The Bertz CT molecular complexity index is 2250. The maximum atomic E-state index is 16.2. The third-order valence-electron chi connectivity index (χ3n) is 12.5. The number of nitrogens with zero attached hydrogens (tertiary/aromatic N) is 5. The van der Waals surface area contributed by atoms with Crippen LogP contribution in [0.1, 0.15) is 75.7 Å². The van der Waals surface area contributed by atoms with E-state index in [0.717, 1.165) is 6.20 Å². The number of pyridine rings is 1. The Morgan fingerprint density at radius 1 is 0.847 bits per heavy atom. The Balaban J connectivity index is 0.776. The van der Waals surface area contributed by atoms with Crippen molar-refractivity contribution in [2.75, 3.05) is 43.4 Å². The summed E-state index contributed by atoms with van der Waals surface area (Å²) in [6.07, 6.45) is 8.11. The molecule has 3 N–H and O–H groups in total. The average Bonchev–Trinajstić information content (AvgIpc) is 3.23. The van der Waals surface area contributed by atoms with Crippen molar-refractivity contribution in [1.29, 1.82) is 0 Å². The summed E-state index contributed by atoms with van der Waals surface area (Å²) in [4.78, 5) is 62.1. The number of piperidine rings is 3. The summed E-state index contributed by atoms with van der Waals surface area (Å²) in [5.41, 5.74) is 0.735. The second kappa shape index (κ2) is 17.3. The monoisotopic (exact) mass is 810 g/mol. The minimum atomic E-state index is -1.39. The molecule has 3 aliphatic heterocycles. The third-order valence-corrected chi connectivity index (χ3v) is 12.5. The van der Waals surface area contributed by atoms with E-state index in [9.17, 15) is 23.6 Å². The zero-order valence-corrected chi connectivity index (χ0v) is 32.8. The predicted octanol–water partition coefficient (Wildman–Crippen LogP) is 5.97. The van der Waals surface area contributed by atoms with E-state index in [2.05, 4.69) is 30.8 Å². The lowest BCUT2D eigenvalue weighted by Crippen LogP contribution is -2.52. The topological polar surface area (TPSA) is 142 Å². The van der Waals surface area contributed by atoms with Crippen molar-refractivity contribution in [3.8, 4) is 16.9 Å². The summed E-state index contributed by atoms with van der Waals surface area (Å²) in [7, 11) is 0. The van der Waals surface area contributed by atoms with E-state index < -0.39 is 23.4 Å². The molecule has 3 saturated heterocycles. The molecule has 0 spiro atoms. The van der Waals surface area contributed by atoms with Crippen LogP contribution in [0.3, 0.4) is 0 Å². The van der Waals surface area contributed by atoms with E-state index >= 15 is 8.78 Å². The van der Waals surface area contributed by atoms with Crippen molar-refractivity contribution in [3.63, 3.8) is 0 Å². The molecule has 4 fully saturated rings. The van der Waals surface area contributed by atoms with Gasteiger partial charge in [0.25, 0.3) is 5.56 Å². The first kappa shape index (κ1) is 40.2. The Morgan fingerprint density at radius 3 is 2.36 bits per heavy atom. The molecule has 8 rings (SSSR count). The summed E-state index contributed by atoms with van der Waals surface area (Å²) in [6, 6.07) is 16.2. The summed E-state index contributed by atoms with van der Waals surface area (Å²) in [5.74, 6) is -1.40. The van der Waals surface area contributed by atoms with Crippen molar-refractivity contribution in [3.05, 3.63) is 101 Å². The fraction of sp³-hybridized carbons (Fsp3) is 0.455. The fourth-order valence-electron chi connectivity index (χ4n) is 9.08. The SMILES string of the molecule is O=C1CCC(Nc2ccc(C3CCN(CC4(F)CCN(C(=O)C5CCC(Nc6ncc(F)c(-c7cccc(-n8ccccc8=O)c7)n6)CC5)CC4)CC3)c(F)c2)C(=O)N1. The number of rotatable bonds is 10. The average molecular weight is 811 g/mol. The minimum Gasteiger partial charge on any atom is -0.374 e. The largest absolute Gasteiger partial charge is 0.374 e. The molecule has 12 nitrogen and oxygen atoms in total. The van der Waals surface area contributed by atoms with E-state index in [1.807, 2.05) is 4.90 Å². The molecule has 2 aromatic heterocycles. The van der Waals surface area contributed by atoms with Gasteiger partial charge in [-0.3, -0.25) is 29.1 Å². The van der Waals surface area contributed by atoms with Gasteiger partial charge in [0.15, 0.2) is 5.82 Å². The number of imide groups is 1. The van der Waals surface area contributed by atoms with Crippen molar-refractivity contribution >= 4 is 29.4 Å². The Hall–Kier alpha value is -5.57. The summed E-state index contributed by atoms with van der Waals surface area (Å²) >= 11 is 0. The van der Waals surface area contributed by atoms with Crippen LogP contribution in [0.4, 0.5) is 24.8 Å². The van der Waals surface area contributed by atoms with E-state index in [-0.39, 0.29) is 66.0 Å². The number of nitrogens with one attached hydrogen (secondary N) is 3. The molecular formula is C44H49F3N8O4. The van der Waals surface area contributed by atoms with Gasteiger partial charge in [-0.1, -0.05) is 24.3 Å². The second-order valence-corrected chi connectivity index (χ2v) is 16.5. The number of anilines is 2. The van der Waals surface area contributed by atoms with Crippen molar-refractivity contribution in [2.24, 2.45) is 5.92 Å². The number of hydrogen-bond donors (Lipinski definition) is 3. The molecule has 15 heteroatoms. The van der Waals surface area contributed by atoms with Crippen molar-refractivity contribution in [1.82, 2.24) is 29.7 Å². The molecule has 5 heterocycles. The zero-order chi connectivity index (χ0) is 41.1. The van der Waals surface area contributed by atoms with E-state index in [1.54, 1.807) is 54.7 Å². The molecule has 1 saturated carbocycles. The van der Waals surface area contributed by atoms with Crippen LogP contribution in [0.5, 0.6) is 0 Å². The number of likely N-dealkylation sites (tertiary alicyclic amines) is 2. The van der Waals surface area contributed by atoms with Gasteiger partial charge in [0.05, 0.1) is 6.20 Å². The molecule has 1 unspecified atom stereocenters. The number of amides is 3. The lowest BCUT2D eigenvalue weighted by Gasteiger charge is -2.42. The van der Waals surface area contributed by atoms with Gasteiger partial charge >= 0.3 is 0 Å². The molecule has 310 valence electrons. The number of aromatic nitrogens is 3. The minimum absolute atomic E-state index is 0.00781. The first-order valence-electron chi connectivity index (χ1n) is 20.7. The Kier molecular flexibility index (Phi) is 11.8. The Labute approximate surface area is 340 Å². The van der Waals surface area contributed by atoms with Crippen LogP contribution in [-0.2, 0) is 14.4 Å². The van der Waals surface area contributed by atoms with Crippen molar-refractivity contribution in [2.45, 2.75) is 87.9 Å². The van der Waals surface area contributed by atoms with E-state index in [4.69, 9.17) is 0 Å². The van der Waals surface area contributed by atoms with Gasteiger partial charge in [-0.2, -0.15) is 0 Å². The highest BCUT2D eigenvalue weighted by Crippen LogP contribution is 2.36. The third kappa shape index (κ3) is 9.35. The van der Waals surface area contributed by atoms with Crippen molar-refractivity contribution < 1.29 is 27.6 Å². The molecule has 4 aromatic rings. The highest BCUT2D eigenvalue weighted by atomic mass is 19.1. The quantitative estimate of drug-likeness (QED) is 0.165. The standard InChI is InChI=1S/C44H49F3N8O4/c45-35-25-32(49-37-13-14-38(56)51-41(37)58)11-12-34(35)28-15-20-53(21-16-28)27-44(47)17-22-54(23-18-44)42(59)29-7-9-31(10-8-29)50-43-48-26-36(46)40(52-43)30-4-3-5-33(24-30)55-19-2-1-6-39(55)57/h1-6,11-12,19,24-26,28-29,31,37,49H,7-10,13-18,20-23,27H2,(H,48,50,52)(H,51,56,58). The number of benzene rings is 2. The molecule has 4 aliphatic rings. The van der Waals surface area contributed by atoms with Crippen LogP contribution in [0.2, 0.25) is 0 Å². The smallest absolute Gasteiger partial charge is 0.255 e. The molecule has 2 aromatic carbocycles. The number of halogens is 3. The summed E-state index contributed by atoms with van der Waals surface area (Å²) in [6.45, 7) is 2.35. The molecule has 59 heavy (non-hydrogen) atoms. The second-order valence-electron chi connectivity index (χ2n) is 16.5.